The van der Waals surface area contributed by atoms with E-state index in [1.54, 1.807) is 41.3 Å². The average Bonchev–Trinajstić information content (AvgIpc) is 3.47. The minimum Gasteiger partial charge on any atom is -0.503 e. The predicted octanol–water partition coefficient (Wildman–Crippen LogP) is 3.15. The Morgan fingerprint density at radius 1 is 1.18 bits per heavy atom. The molecule has 4 rings (SSSR count). The smallest absolute Gasteiger partial charge is 0.290 e. The number of carbonyl (C=O) groups excluding carboxylic acids is 2. The molecule has 1 atom stereocenters. The van der Waals surface area contributed by atoms with E-state index in [1.165, 1.54) is 12.3 Å². The molecule has 1 amide bonds. The highest BCUT2D eigenvalue weighted by Gasteiger charge is 2.44. The van der Waals surface area contributed by atoms with Crippen molar-refractivity contribution in [3.8, 4) is 5.75 Å². The highest BCUT2D eigenvalue weighted by molar-refractivity contribution is 6.15. The van der Waals surface area contributed by atoms with Crippen LogP contribution in [0.3, 0.4) is 0 Å². The Kier molecular flexibility index (Phi) is 7.26. The minimum absolute atomic E-state index is 0.0288. The normalized spacial score (nSPS) is 19.2. The number of furan rings is 1. The van der Waals surface area contributed by atoms with Crippen LogP contribution in [0.2, 0.25) is 0 Å². The number of morpholine rings is 1. The van der Waals surface area contributed by atoms with Crippen LogP contribution in [0.4, 0.5) is 0 Å². The Balaban J connectivity index is 1.58. The first-order valence-electron chi connectivity index (χ1n) is 11.1. The Morgan fingerprint density at radius 3 is 2.61 bits per heavy atom. The number of rotatable bonds is 10. The molecule has 1 fully saturated rings. The largest absolute Gasteiger partial charge is 0.503 e. The molecule has 0 aliphatic carbocycles. The number of aliphatic hydroxyl groups is 1. The van der Waals surface area contributed by atoms with E-state index < -0.39 is 23.5 Å². The molecule has 1 aromatic carbocycles. The molecule has 2 aliphatic heterocycles. The molecule has 2 aliphatic rings. The Bertz CT molecular complexity index is 1010. The number of aliphatic hydroxyl groups excluding tert-OH is 1. The highest BCUT2D eigenvalue weighted by Crippen LogP contribution is 2.39. The van der Waals surface area contributed by atoms with Crippen LogP contribution < -0.4 is 4.74 Å². The lowest BCUT2D eigenvalue weighted by Gasteiger charge is -2.30. The van der Waals surface area contributed by atoms with Crippen LogP contribution in [-0.2, 0) is 9.53 Å². The Hall–Kier alpha value is -3.36. The lowest BCUT2D eigenvalue weighted by molar-refractivity contribution is -0.129. The SMILES string of the molecule is C=CCOc1ccc([C@@H]2C(C(=O)c3ccco3)=C(O)C(=O)N2CCCN2CCOCC2)cc1. The van der Waals surface area contributed by atoms with Crippen LogP contribution >= 0.6 is 0 Å². The van der Waals surface area contributed by atoms with Crippen molar-refractivity contribution >= 4 is 11.7 Å². The van der Waals surface area contributed by atoms with Gasteiger partial charge in [0, 0.05) is 26.2 Å². The van der Waals surface area contributed by atoms with Gasteiger partial charge in [-0.15, -0.1) is 0 Å². The van der Waals surface area contributed by atoms with Crippen LogP contribution in [0.15, 0.2) is 71.1 Å². The summed E-state index contributed by atoms with van der Waals surface area (Å²) in [6, 6.07) is 9.57. The van der Waals surface area contributed by atoms with Crippen LogP contribution in [-0.4, -0.2) is 72.6 Å². The standard InChI is InChI=1S/C25H28N2O6/c1-2-14-32-19-8-6-18(7-9-19)22-21(23(28)20-5-3-15-33-20)24(29)25(30)27(22)11-4-10-26-12-16-31-17-13-26/h2-3,5-9,15,22,29H,1,4,10-14,16-17H2/t22-/m1/s1. The quantitative estimate of drug-likeness (QED) is 0.437. The molecule has 1 saturated heterocycles. The number of nitrogens with zero attached hydrogens (tertiary/aromatic N) is 2. The van der Waals surface area contributed by atoms with Crippen molar-refractivity contribution in [2.24, 2.45) is 0 Å². The van der Waals surface area contributed by atoms with Gasteiger partial charge in [0.2, 0.25) is 5.78 Å². The highest BCUT2D eigenvalue weighted by atomic mass is 16.5. The molecule has 8 heteroatoms. The van der Waals surface area contributed by atoms with Crippen LogP contribution in [0.25, 0.3) is 0 Å². The molecule has 8 nitrogen and oxygen atoms in total. The molecule has 0 spiro atoms. The van der Waals surface area contributed by atoms with Crippen molar-refractivity contribution in [2.45, 2.75) is 12.5 Å². The van der Waals surface area contributed by atoms with Gasteiger partial charge in [0.15, 0.2) is 11.5 Å². The van der Waals surface area contributed by atoms with Gasteiger partial charge in [-0.1, -0.05) is 24.8 Å². The zero-order valence-electron chi connectivity index (χ0n) is 18.4. The van der Waals surface area contributed by atoms with Gasteiger partial charge < -0.3 is 23.9 Å². The maximum atomic E-state index is 13.2. The van der Waals surface area contributed by atoms with Crippen molar-refractivity contribution in [2.75, 3.05) is 46.0 Å². The third-order valence-electron chi connectivity index (χ3n) is 5.83. The zero-order chi connectivity index (χ0) is 23.2. The second kappa shape index (κ2) is 10.5. The predicted molar refractivity (Wildman–Crippen MR) is 121 cm³/mol. The summed E-state index contributed by atoms with van der Waals surface area (Å²) < 4.78 is 16.2. The van der Waals surface area contributed by atoms with E-state index in [0.29, 0.717) is 44.1 Å². The van der Waals surface area contributed by atoms with Gasteiger partial charge in [-0.05, 0) is 36.2 Å². The lowest BCUT2D eigenvalue weighted by Crippen LogP contribution is -2.39. The second-order valence-electron chi connectivity index (χ2n) is 7.95. The number of amides is 1. The number of ether oxygens (including phenoxy) is 2. The molecule has 3 heterocycles. The summed E-state index contributed by atoms with van der Waals surface area (Å²) in [5.41, 5.74) is 0.737. The summed E-state index contributed by atoms with van der Waals surface area (Å²) in [7, 11) is 0. The number of benzene rings is 1. The van der Waals surface area contributed by atoms with E-state index in [-0.39, 0.29) is 11.3 Å². The second-order valence-corrected chi connectivity index (χ2v) is 7.95. The van der Waals surface area contributed by atoms with E-state index in [2.05, 4.69) is 11.5 Å². The first-order chi connectivity index (χ1) is 16.1. The van der Waals surface area contributed by atoms with Gasteiger partial charge in [-0.3, -0.25) is 14.5 Å². The monoisotopic (exact) mass is 452 g/mol. The molecule has 0 bridgehead atoms. The van der Waals surface area contributed by atoms with Crippen molar-refractivity contribution in [3.63, 3.8) is 0 Å². The van der Waals surface area contributed by atoms with Crippen molar-refractivity contribution in [1.29, 1.82) is 0 Å². The fourth-order valence-corrected chi connectivity index (χ4v) is 4.19. The van der Waals surface area contributed by atoms with Gasteiger partial charge in [-0.2, -0.15) is 0 Å². The molecule has 0 unspecified atom stereocenters. The van der Waals surface area contributed by atoms with Crippen LogP contribution in [0.1, 0.15) is 28.6 Å². The van der Waals surface area contributed by atoms with Gasteiger partial charge >= 0.3 is 0 Å². The number of carbonyl (C=O) groups is 2. The van der Waals surface area contributed by atoms with Gasteiger partial charge in [-0.25, -0.2) is 0 Å². The van der Waals surface area contributed by atoms with E-state index in [9.17, 15) is 14.7 Å². The number of Topliss-reactive ketones (excluding diaryl/α,β-unsaturated/α-hetero) is 1. The Labute approximate surface area is 192 Å². The fourth-order valence-electron chi connectivity index (χ4n) is 4.19. The number of hydrogen-bond donors (Lipinski definition) is 1. The van der Waals surface area contributed by atoms with Crippen LogP contribution in [0, 0.1) is 0 Å². The van der Waals surface area contributed by atoms with Crippen molar-refractivity contribution < 1.29 is 28.6 Å². The molecule has 1 aromatic heterocycles. The van der Waals surface area contributed by atoms with E-state index in [4.69, 9.17) is 13.9 Å². The van der Waals surface area contributed by atoms with Gasteiger partial charge in [0.1, 0.15) is 12.4 Å². The first kappa shape index (κ1) is 22.8. The molecule has 2 aromatic rings. The summed E-state index contributed by atoms with van der Waals surface area (Å²) in [5, 5.41) is 10.7. The minimum atomic E-state index is -0.715. The molecule has 0 radical (unpaired) electrons. The maximum absolute atomic E-state index is 13.2. The summed E-state index contributed by atoms with van der Waals surface area (Å²) in [6.07, 6.45) is 3.75. The number of ketones is 1. The van der Waals surface area contributed by atoms with Gasteiger partial charge in [0.25, 0.3) is 5.91 Å². The third-order valence-corrected chi connectivity index (χ3v) is 5.83. The number of hydrogen-bond acceptors (Lipinski definition) is 7. The lowest BCUT2D eigenvalue weighted by atomic mass is 9.95. The topological polar surface area (TPSA) is 92.5 Å². The van der Waals surface area contributed by atoms with Gasteiger partial charge in [0.05, 0.1) is 31.1 Å². The molecular formula is C25H28N2O6. The molecule has 1 N–H and O–H groups in total. The van der Waals surface area contributed by atoms with E-state index >= 15 is 0 Å². The third kappa shape index (κ3) is 5.02. The maximum Gasteiger partial charge on any atom is 0.290 e. The van der Waals surface area contributed by atoms with Crippen molar-refractivity contribution in [3.05, 3.63) is 78.0 Å². The average molecular weight is 453 g/mol. The fraction of sp³-hybridized carbons (Fsp3) is 0.360. The van der Waals surface area contributed by atoms with Crippen LogP contribution in [0.5, 0.6) is 5.75 Å². The van der Waals surface area contributed by atoms with E-state index in [1.807, 2.05) is 0 Å². The summed E-state index contributed by atoms with van der Waals surface area (Å²) in [4.78, 5) is 30.0. The zero-order valence-corrected chi connectivity index (χ0v) is 18.4. The molecule has 0 saturated carbocycles. The summed E-state index contributed by atoms with van der Waals surface area (Å²) in [6.45, 7) is 8.33. The van der Waals surface area contributed by atoms with E-state index in [0.717, 1.165) is 19.6 Å². The summed E-state index contributed by atoms with van der Waals surface area (Å²) >= 11 is 0. The molecule has 33 heavy (non-hydrogen) atoms. The molecular weight excluding hydrogens is 424 g/mol. The first-order valence-corrected chi connectivity index (χ1v) is 11.1. The Morgan fingerprint density at radius 2 is 1.94 bits per heavy atom. The molecule has 174 valence electrons. The van der Waals surface area contributed by atoms with Crippen molar-refractivity contribution in [1.82, 2.24) is 9.80 Å². The summed E-state index contributed by atoms with van der Waals surface area (Å²) in [5.74, 6) is -0.855.